The van der Waals surface area contributed by atoms with Crippen LogP contribution in [0.2, 0.25) is 24.2 Å². The third-order valence-corrected chi connectivity index (χ3v) is 7.19. The van der Waals surface area contributed by atoms with Gasteiger partial charge in [-0.3, -0.25) is 0 Å². The molecule has 0 amide bonds. The van der Waals surface area contributed by atoms with Gasteiger partial charge < -0.3 is 0 Å². The Bertz CT molecular complexity index is 112. The number of hydrogen-bond acceptors (Lipinski definition) is 0. The Kier molecular flexibility index (Phi) is 9.81. The van der Waals surface area contributed by atoms with Crippen LogP contribution in [0.4, 0.5) is 17.6 Å². The lowest BCUT2D eigenvalue weighted by molar-refractivity contribution is 0.280. The molecule has 0 aromatic carbocycles. The zero-order chi connectivity index (χ0) is 10.8. The normalized spacial score (nSPS) is 17.1. The Hall–Kier alpha value is 0.154. The van der Waals surface area contributed by atoms with E-state index in [1.54, 1.807) is 0 Å². The largest absolute Gasteiger partial charge is 0.248 e. The summed E-state index contributed by atoms with van der Waals surface area (Å²) in [4.78, 5) is 0. The van der Waals surface area contributed by atoms with Crippen LogP contribution in [0, 0.1) is 0 Å². The van der Waals surface area contributed by atoms with Gasteiger partial charge in [0.1, 0.15) is 25.7 Å². The average Bonchev–Trinajstić information content (AvgIpc) is 2.22. The monoisotopic (exact) mass is 246 g/mol. The second-order valence-corrected chi connectivity index (χ2v) is 7.48. The molecule has 0 bridgehead atoms. The summed E-state index contributed by atoms with van der Waals surface area (Å²) in [6.07, 6.45) is -2.55. The van der Waals surface area contributed by atoms with Crippen LogP contribution < -0.4 is 0 Å². The van der Waals surface area contributed by atoms with Gasteiger partial charge in [0.2, 0.25) is 0 Å². The van der Waals surface area contributed by atoms with E-state index in [0.29, 0.717) is 12.1 Å². The van der Waals surface area contributed by atoms with Crippen LogP contribution in [0.3, 0.4) is 0 Å². The maximum absolute atomic E-state index is 12.4. The molecule has 0 rings (SSSR count). The van der Waals surface area contributed by atoms with Gasteiger partial charge in [0.05, 0.1) is 0 Å². The van der Waals surface area contributed by atoms with Crippen molar-refractivity contribution in [2.24, 2.45) is 0 Å². The first-order valence-electron chi connectivity index (χ1n) is 5.10. The summed E-state index contributed by atoms with van der Waals surface area (Å²) in [5.41, 5.74) is 0. The lowest BCUT2D eigenvalue weighted by Gasteiger charge is -2.03. The molecule has 0 aromatic heterocycles. The molecule has 14 heavy (non-hydrogen) atoms. The molecule has 86 valence electrons. The summed E-state index contributed by atoms with van der Waals surface area (Å²) in [6, 6.07) is 2.72. The molecule has 0 aliphatic heterocycles. The first-order chi connectivity index (χ1) is 6.70. The molecule has 0 nitrogen and oxygen atoms in total. The second kappa shape index (κ2) is 9.70. The Morgan fingerprint density at radius 2 is 1.14 bits per heavy atom. The van der Waals surface area contributed by atoms with Gasteiger partial charge in [0, 0.05) is 19.0 Å². The van der Waals surface area contributed by atoms with Crippen LogP contribution in [0.15, 0.2) is 0 Å². The highest BCUT2D eigenvalue weighted by molar-refractivity contribution is 6.42. The summed E-state index contributed by atoms with van der Waals surface area (Å²) >= 11 is 0. The molecule has 0 fully saturated rings. The van der Waals surface area contributed by atoms with Crippen molar-refractivity contribution in [3.63, 3.8) is 0 Å². The molecule has 6 heteroatoms. The van der Waals surface area contributed by atoms with Gasteiger partial charge in [0.25, 0.3) is 0 Å². The topological polar surface area (TPSA) is 0 Å². The van der Waals surface area contributed by atoms with Crippen molar-refractivity contribution < 1.29 is 17.6 Å². The standard InChI is InChI=1S/C8H18F4Si2/c9-3-7(11)5-13-1-2-14-6-8(12)4-10/h7-8H,1-6,13-14H2. The minimum Gasteiger partial charge on any atom is -0.248 e. The molecule has 2 atom stereocenters. The van der Waals surface area contributed by atoms with Crippen LogP contribution in [0.1, 0.15) is 0 Å². The fourth-order valence-electron chi connectivity index (χ4n) is 1.24. The highest BCUT2D eigenvalue weighted by Crippen LogP contribution is 2.05. The summed E-state index contributed by atoms with van der Waals surface area (Å²) < 4.78 is 48.1. The molecule has 0 saturated heterocycles. The van der Waals surface area contributed by atoms with Crippen molar-refractivity contribution in [1.82, 2.24) is 0 Å². The zero-order valence-electron chi connectivity index (χ0n) is 8.32. The number of alkyl halides is 4. The highest BCUT2D eigenvalue weighted by Gasteiger charge is 2.06. The van der Waals surface area contributed by atoms with E-state index in [1.165, 1.54) is 0 Å². The van der Waals surface area contributed by atoms with Crippen LogP contribution in [-0.2, 0) is 0 Å². The first kappa shape index (κ1) is 14.2. The summed E-state index contributed by atoms with van der Waals surface area (Å²) in [5.74, 6) is 0. The summed E-state index contributed by atoms with van der Waals surface area (Å²) in [5, 5.41) is 0. The van der Waals surface area contributed by atoms with Crippen molar-refractivity contribution in [3.8, 4) is 0 Å². The number of rotatable bonds is 9. The summed E-state index contributed by atoms with van der Waals surface area (Å²) in [7, 11) is -0.990. The van der Waals surface area contributed by atoms with Gasteiger partial charge in [-0.15, -0.1) is 0 Å². The maximum Gasteiger partial charge on any atom is 0.126 e. The average molecular weight is 246 g/mol. The van der Waals surface area contributed by atoms with Gasteiger partial charge >= 0.3 is 0 Å². The third-order valence-electron chi connectivity index (χ3n) is 2.12. The molecule has 0 aromatic rings. The molecule has 0 aliphatic carbocycles. The number of hydrogen-bond donors (Lipinski definition) is 0. The van der Waals surface area contributed by atoms with E-state index < -0.39 is 44.7 Å². The highest BCUT2D eigenvalue weighted by atomic mass is 28.2. The third kappa shape index (κ3) is 8.74. The molecule has 0 heterocycles. The predicted octanol–water partition coefficient (Wildman–Crippen LogP) is 1.61. The van der Waals surface area contributed by atoms with Gasteiger partial charge in [-0.25, -0.2) is 17.6 Å². The van der Waals surface area contributed by atoms with Crippen LogP contribution in [0.5, 0.6) is 0 Å². The minimum atomic E-state index is -1.27. The molecule has 0 radical (unpaired) electrons. The van der Waals surface area contributed by atoms with Crippen molar-refractivity contribution >= 4 is 19.0 Å². The van der Waals surface area contributed by atoms with Crippen LogP contribution in [-0.4, -0.2) is 44.7 Å². The SMILES string of the molecule is FCC(F)C[SiH2]CC[SiH2]CC(F)CF. The Labute approximate surface area is 87.1 Å². The molecule has 0 aliphatic rings. The Morgan fingerprint density at radius 3 is 1.43 bits per heavy atom. The molecule has 0 saturated carbocycles. The van der Waals surface area contributed by atoms with Crippen molar-refractivity contribution in [2.45, 2.75) is 36.5 Å². The Morgan fingerprint density at radius 1 is 0.786 bits per heavy atom. The van der Waals surface area contributed by atoms with E-state index in [4.69, 9.17) is 0 Å². The molecule has 2 unspecified atom stereocenters. The van der Waals surface area contributed by atoms with E-state index in [9.17, 15) is 17.6 Å². The zero-order valence-corrected chi connectivity index (χ0v) is 11.2. The van der Waals surface area contributed by atoms with E-state index in [0.717, 1.165) is 12.1 Å². The van der Waals surface area contributed by atoms with E-state index in [2.05, 4.69) is 0 Å². The van der Waals surface area contributed by atoms with Gasteiger partial charge in [-0.2, -0.15) is 0 Å². The molecule has 0 spiro atoms. The van der Waals surface area contributed by atoms with Gasteiger partial charge in [-0.1, -0.05) is 12.1 Å². The van der Waals surface area contributed by atoms with E-state index >= 15 is 0 Å². The number of halogens is 4. The smallest absolute Gasteiger partial charge is 0.126 e. The van der Waals surface area contributed by atoms with Crippen molar-refractivity contribution in [2.75, 3.05) is 13.3 Å². The fourth-order valence-corrected chi connectivity index (χ4v) is 5.84. The van der Waals surface area contributed by atoms with Crippen LogP contribution >= 0.6 is 0 Å². The lowest BCUT2D eigenvalue weighted by atomic mass is 10.5. The molecular weight excluding hydrogens is 228 g/mol. The molecule has 0 N–H and O–H groups in total. The lowest BCUT2D eigenvalue weighted by Crippen LogP contribution is -2.09. The van der Waals surface area contributed by atoms with Crippen molar-refractivity contribution in [1.29, 1.82) is 0 Å². The first-order valence-corrected chi connectivity index (χ1v) is 9.10. The minimum absolute atomic E-state index is 0.396. The second-order valence-electron chi connectivity index (χ2n) is 3.49. The molecular formula is C8H18F4Si2. The van der Waals surface area contributed by atoms with Crippen LogP contribution in [0.25, 0.3) is 0 Å². The maximum atomic E-state index is 12.4. The predicted molar refractivity (Wildman–Crippen MR) is 58.1 cm³/mol. The Balaban J connectivity index is 3.06. The quantitative estimate of drug-likeness (QED) is 0.329. The van der Waals surface area contributed by atoms with E-state index in [-0.39, 0.29) is 0 Å². The van der Waals surface area contributed by atoms with Gasteiger partial charge in [-0.05, 0) is 12.1 Å². The van der Waals surface area contributed by atoms with Gasteiger partial charge in [0.15, 0.2) is 0 Å². The van der Waals surface area contributed by atoms with E-state index in [1.807, 2.05) is 0 Å². The summed E-state index contributed by atoms with van der Waals surface area (Å²) in [6.45, 7) is -1.75. The van der Waals surface area contributed by atoms with Crippen molar-refractivity contribution in [3.05, 3.63) is 0 Å². The fraction of sp³-hybridized carbons (Fsp3) is 1.00.